The summed E-state index contributed by atoms with van der Waals surface area (Å²) in [6, 6.07) is 20.8. The van der Waals surface area contributed by atoms with E-state index in [-0.39, 0.29) is 11.4 Å². The van der Waals surface area contributed by atoms with E-state index in [9.17, 15) is 13.2 Å². The number of carbonyl (C=O) groups is 1. The number of sulfonamides is 1. The number of hydrogen-bond donors (Lipinski definition) is 2. The van der Waals surface area contributed by atoms with E-state index < -0.39 is 10.0 Å². The van der Waals surface area contributed by atoms with Crippen LogP contribution in [0.3, 0.4) is 0 Å². The number of aromatic nitrogens is 3. The molecule has 0 spiro atoms. The topological polar surface area (TPSA) is 122 Å². The second kappa shape index (κ2) is 12.9. The number of amides is 2. The molecule has 1 aliphatic heterocycles. The van der Waals surface area contributed by atoms with Crippen LogP contribution in [0, 0.1) is 12.8 Å². The summed E-state index contributed by atoms with van der Waals surface area (Å²) >= 11 is 1.20. The fourth-order valence-electron chi connectivity index (χ4n) is 5.52. The Hall–Kier alpha value is -4.26. The molecule has 1 saturated heterocycles. The van der Waals surface area contributed by atoms with Gasteiger partial charge in [0.2, 0.25) is 0 Å². The van der Waals surface area contributed by atoms with Gasteiger partial charge in [-0.2, -0.15) is 9.40 Å². The van der Waals surface area contributed by atoms with Gasteiger partial charge in [0.05, 0.1) is 22.5 Å². The monoisotopic (exact) mass is 658 g/mol. The fourth-order valence-corrected chi connectivity index (χ4v) is 8.40. The number of nitrogens with one attached hydrogen (secondary N) is 2. The van der Waals surface area contributed by atoms with Gasteiger partial charge in [-0.25, -0.2) is 22.9 Å². The number of carbonyl (C=O) groups excluding carboxylic acids is 1. The third-order valence-corrected chi connectivity index (χ3v) is 11.6. The molecule has 2 amide bonds. The molecule has 3 aromatic heterocycles. The largest absolute Gasteiger partial charge is 0.443 e. The third-order valence-electron chi connectivity index (χ3n) is 8.13. The quantitative estimate of drug-likeness (QED) is 0.178. The second-order valence-corrected chi connectivity index (χ2v) is 16.0. The first-order chi connectivity index (χ1) is 22.0. The summed E-state index contributed by atoms with van der Waals surface area (Å²) in [5.41, 5.74) is 4.47. The zero-order valence-corrected chi connectivity index (χ0v) is 28.0. The van der Waals surface area contributed by atoms with Crippen molar-refractivity contribution in [1.82, 2.24) is 19.1 Å². The van der Waals surface area contributed by atoms with E-state index in [1.807, 2.05) is 61.5 Å². The Morgan fingerprint density at radius 1 is 1.02 bits per heavy atom. The number of oxazole rings is 1. The summed E-state index contributed by atoms with van der Waals surface area (Å²) in [5, 5.41) is 10.8. The molecule has 2 aromatic carbocycles. The Kier molecular flexibility index (Phi) is 8.86. The summed E-state index contributed by atoms with van der Waals surface area (Å²) in [6.07, 6.45) is 5.23. The van der Waals surface area contributed by atoms with Gasteiger partial charge in [0.1, 0.15) is 10.0 Å². The summed E-state index contributed by atoms with van der Waals surface area (Å²) in [7, 11) is -3.58. The van der Waals surface area contributed by atoms with Gasteiger partial charge >= 0.3 is 6.03 Å². The van der Waals surface area contributed by atoms with Crippen molar-refractivity contribution < 1.29 is 17.6 Å². The molecular formula is C34H38N6O4S2. The number of benzene rings is 2. The van der Waals surface area contributed by atoms with Gasteiger partial charge < -0.3 is 9.73 Å². The van der Waals surface area contributed by atoms with Crippen LogP contribution >= 0.6 is 11.3 Å². The predicted octanol–water partition coefficient (Wildman–Crippen LogP) is 7.48. The van der Waals surface area contributed by atoms with E-state index in [1.54, 1.807) is 27.3 Å². The number of thiophene rings is 1. The number of piperidine rings is 1. The molecular weight excluding hydrogens is 621 g/mol. The predicted molar refractivity (Wildman–Crippen MR) is 181 cm³/mol. The highest BCUT2D eigenvalue weighted by atomic mass is 32.2. The standard InChI is InChI=1S/C34H38N6O4S2/c1-23-8-10-27(11-9-23)40-31(20-30(38-40)34(2,3)4)37-33(41)36-26-7-5-6-25(19-26)18-24-14-16-39(17-15-24)46(42,43)32-13-12-29(45-32)28-21-35-22-44-28/h5-13,19-22,24H,14-18H2,1-4H3,(H2,36,37,41). The van der Waals surface area contributed by atoms with Crippen LogP contribution in [0.5, 0.6) is 0 Å². The summed E-state index contributed by atoms with van der Waals surface area (Å²) in [5.74, 6) is 1.48. The molecule has 4 heterocycles. The molecule has 2 N–H and O–H groups in total. The lowest BCUT2D eigenvalue weighted by molar-refractivity contribution is 0.262. The Bertz CT molecular complexity index is 1910. The molecule has 0 radical (unpaired) electrons. The van der Waals surface area contributed by atoms with Crippen molar-refractivity contribution in [2.75, 3.05) is 23.7 Å². The lowest BCUT2D eigenvalue weighted by Crippen LogP contribution is -2.38. The molecule has 240 valence electrons. The smallest absolute Gasteiger partial charge is 0.324 e. The molecule has 6 rings (SSSR count). The van der Waals surface area contributed by atoms with Gasteiger partial charge in [-0.3, -0.25) is 5.32 Å². The highest BCUT2D eigenvalue weighted by Crippen LogP contribution is 2.34. The van der Waals surface area contributed by atoms with Crippen LogP contribution in [0.1, 0.15) is 50.4 Å². The highest BCUT2D eigenvalue weighted by Gasteiger charge is 2.31. The van der Waals surface area contributed by atoms with Crippen molar-refractivity contribution in [3.05, 3.63) is 96.1 Å². The molecule has 0 unspecified atom stereocenters. The molecule has 0 bridgehead atoms. The number of aryl methyl sites for hydroxylation is 1. The first kappa shape index (κ1) is 31.7. The molecule has 0 saturated carbocycles. The summed E-state index contributed by atoms with van der Waals surface area (Å²) in [4.78, 5) is 17.8. The van der Waals surface area contributed by atoms with E-state index in [0.717, 1.165) is 46.6 Å². The summed E-state index contributed by atoms with van der Waals surface area (Å²) in [6.45, 7) is 9.24. The number of anilines is 2. The molecule has 1 aliphatic rings. The molecule has 0 atom stereocenters. The zero-order chi connectivity index (χ0) is 32.5. The van der Waals surface area contributed by atoms with Gasteiger partial charge in [-0.1, -0.05) is 50.6 Å². The normalized spacial score (nSPS) is 14.8. The minimum atomic E-state index is -3.58. The van der Waals surface area contributed by atoms with E-state index in [1.165, 1.54) is 17.7 Å². The Balaban J connectivity index is 1.07. The van der Waals surface area contributed by atoms with E-state index in [4.69, 9.17) is 9.52 Å². The number of nitrogens with zero attached hydrogens (tertiary/aromatic N) is 4. The van der Waals surface area contributed by atoms with Crippen LogP contribution in [-0.2, 0) is 21.9 Å². The third kappa shape index (κ3) is 7.09. The van der Waals surface area contributed by atoms with Gasteiger partial charge in [0, 0.05) is 30.3 Å². The van der Waals surface area contributed by atoms with E-state index in [2.05, 4.69) is 36.4 Å². The van der Waals surface area contributed by atoms with Crippen LogP contribution in [0.25, 0.3) is 16.3 Å². The van der Waals surface area contributed by atoms with Gasteiger partial charge in [-0.05, 0) is 74.1 Å². The zero-order valence-electron chi connectivity index (χ0n) is 26.4. The van der Waals surface area contributed by atoms with Crippen LogP contribution < -0.4 is 10.6 Å². The van der Waals surface area contributed by atoms with Gasteiger partial charge in [0.15, 0.2) is 12.2 Å². The van der Waals surface area contributed by atoms with Crippen molar-refractivity contribution in [2.45, 2.75) is 56.6 Å². The molecule has 12 heteroatoms. The van der Waals surface area contributed by atoms with Crippen molar-refractivity contribution in [3.8, 4) is 16.3 Å². The maximum Gasteiger partial charge on any atom is 0.324 e. The lowest BCUT2D eigenvalue weighted by atomic mass is 9.91. The van der Waals surface area contributed by atoms with Crippen LogP contribution in [-0.4, -0.2) is 46.6 Å². The average molecular weight is 659 g/mol. The van der Waals surface area contributed by atoms with Crippen molar-refractivity contribution in [3.63, 3.8) is 0 Å². The van der Waals surface area contributed by atoms with E-state index >= 15 is 0 Å². The Morgan fingerprint density at radius 2 is 1.78 bits per heavy atom. The maximum absolute atomic E-state index is 13.3. The molecule has 5 aromatic rings. The first-order valence-electron chi connectivity index (χ1n) is 15.3. The molecule has 10 nitrogen and oxygen atoms in total. The summed E-state index contributed by atoms with van der Waals surface area (Å²) < 4.78 is 35.6. The highest BCUT2D eigenvalue weighted by molar-refractivity contribution is 7.91. The Morgan fingerprint density at radius 3 is 2.48 bits per heavy atom. The van der Waals surface area contributed by atoms with Crippen molar-refractivity contribution in [2.24, 2.45) is 5.92 Å². The number of hydrogen-bond acceptors (Lipinski definition) is 7. The van der Waals surface area contributed by atoms with Crippen LogP contribution in [0.4, 0.5) is 16.3 Å². The van der Waals surface area contributed by atoms with E-state index in [0.29, 0.717) is 40.5 Å². The van der Waals surface area contributed by atoms with Crippen LogP contribution in [0.2, 0.25) is 0 Å². The second-order valence-electron chi connectivity index (χ2n) is 12.7. The molecule has 0 aliphatic carbocycles. The molecule has 1 fully saturated rings. The van der Waals surface area contributed by atoms with Gasteiger partial charge in [-0.15, -0.1) is 11.3 Å². The van der Waals surface area contributed by atoms with Gasteiger partial charge in [0.25, 0.3) is 10.0 Å². The minimum absolute atomic E-state index is 0.191. The minimum Gasteiger partial charge on any atom is -0.443 e. The Labute approximate surface area is 273 Å². The van der Waals surface area contributed by atoms with Crippen LogP contribution in [0.15, 0.2) is 87.9 Å². The fraction of sp³-hybridized carbons (Fsp3) is 0.324. The van der Waals surface area contributed by atoms with Crippen molar-refractivity contribution >= 4 is 38.9 Å². The first-order valence-corrected chi connectivity index (χ1v) is 17.5. The van der Waals surface area contributed by atoms with Crippen molar-refractivity contribution in [1.29, 1.82) is 0 Å². The number of urea groups is 1. The molecule has 46 heavy (non-hydrogen) atoms. The SMILES string of the molecule is Cc1ccc(-n2nc(C(C)(C)C)cc2NC(=O)Nc2cccc(CC3CCN(S(=O)(=O)c4ccc(-c5cnco5)s4)CC3)c2)cc1. The average Bonchev–Trinajstić information content (AvgIpc) is 3.79. The maximum atomic E-state index is 13.3. The lowest BCUT2D eigenvalue weighted by Gasteiger charge is -2.31. The number of rotatable bonds is 8.